The summed E-state index contributed by atoms with van der Waals surface area (Å²) in [5.74, 6) is -0.250. The van der Waals surface area contributed by atoms with Crippen molar-refractivity contribution in [2.45, 2.75) is 18.9 Å². The Balaban J connectivity index is 2.11. The fourth-order valence-corrected chi connectivity index (χ4v) is 2.60. The van der Waals surface area contributed by atoms with E-state index in [1.807, 2.05) is 12.1 Å². The van der Waals surface area contributed by atoms with Crippen LogP contribution in [0, 0.1) is 5.92 Å². The van der Waals surface area contributed by atoms with Crippen LogP contribution >= 0.6 is 0 Å². The standard InChI is InChI=1S/C13H20N4O/c14-8-12(10-3-5-16-6-4-10)17-7-1-2-11(9-17)13(15)18/h3-6,11-12H,1-2,7-9,14H2,(H2,15,18). The zero-order valence-electron chi connectivity index (χ0n) is 10.5. The van der Waals surface area contributed by atoms with Gasteiger partial charge in [0.05, 0.1) is 5.92 Å². The second-order valence-corrected chi connectivity index (χ2v) is 4.77. The highest BCUT2D eigenvalue weighted by molar-refractivity contribution is 5.76. The third kappa shape index (κ3) is 2.86. The van der Waals surface area contributed by atoms with Crippen LogP contribution in [0.1, 0.15) is 24.4 Å². The van der Waals surface area contributed by atoms with Crippen molar-refractivity contribution in [1.29, 1.82) is 0 Å². The van der Waals surface area contributed by atoms with Crippen molar-refractivity contribution in [3.05, 3.63) is 30.1 Å². The summed E-state index contributed by atoms with van der Waals surface area (Å²) in [5.41, 5.74) is 12.4. The van der Waals surface area contributed by atoms with Crippen LogP contribution in [0.3, 0.4) is 0 Å². The molecule has 1 aromatic rings. The quantitative estimate of drug-likeness (QED) is 0.801. The van der Waals surface area contributed by atoms with Gasteiger partial charge in [0.2, 0.25) is 5.91 Å². The van der Waals surface area contributed by atoms with Crippen LogP contribution in [0.25, 0.3) is 0 Å². The SMILES string of the molecule is NCC(c1ccncc1)N1CCCC(C(N)=O)C1. The van der Waals surface area contributed by atoms with Crippen LogP contribution in [0.15, 0.2) is 24.5 Å². The summed E-state index contributed by atoms with van der Waals surface area (Å²) in [5, 5.41) is 0. The molecule has 18 heavy (non-hydrogen) atoms. The van der Waals surface area contributed by atoms with E-state index < -0.39 is 0 Å². The number of hydrogen-bond acceptors (Lipinski definition) is 4. The summed E-state index contributed by atoms with van der Waals surface area (Å²) in [4.78, 5) is 17.6. The number of pyridine rings is 1. The fourth-order valence-electron chi connectivity index (χ4n) is 2.60. The Kier molecular flexibility index (Phi) is 4.28. The number of piperidine rings is 1. The smallest absolute Gasteiger partial charge is 0.221 e. The minimum Gasteiger partial charge on any atom is -0.369 e. The highest BCUT2D eigenvalue weighted by Crippen LogP contribution is 2.25. The van der Waals surface area contributed by atoms with E-state index in [4.69, 9.17) is 11.5 Å². The molecular formula is C13H20N4O. The van der Waals surface area contributed by atoms with Gasteiger partial charge in [0.25, 0.3) is 0 Å². The lowest BCUT2D eigenvalue weighted by Crippen LogP contribution is -2.44. The molecule has 2 rings (SSSR count). The van der Waals surface area contributed by atoms with Gasteiger partial charge >= 0.3 is 0 Å². The molecule has 0 aromatic carbocycles. The van der Waals surface area contributed by atoms with Crippen LogP contribution in [0.5, 0.6) is 0 Å². The van der Waals surface area contributed by atoms with Crippen molar-refractivity contribution in [3.8, 4) is 0 Å². The highest BCUT2D eigenvalue weighted by atomic mass is 16.1. The van der Waals surface area contributed by atoms with Crippen LogP contribution < -0.4 is 11.5 Å². The van der Waals surface area contributed by atoms with Crippen LogP contribution in [-0.4, -0.2) is 35.4 Å². The monoisotopic (exact) mass is 248 g/mol. The zero-order valence-corrected chi connectivity index (χ0v) is 10.5. The molecule has 1 fully saturated rings. The molecule has 0 bridgehead atoms. The van der Waals surface area contributed by atoms with E-state index in [1.54, 1.807) is 12.4 Å². The molecule has 0 radical (unpaired) electrons. The molecule has 98 valence electrons. The predicted octanol–water partition coefficient (Wildman–Crippen LogP) is 0.279. The maximum absolute atomic E-state index is 11.3. The molecule has 1 aromatic heterocycles. The second-order valence-electron chi connectivity index (χ2n) is 4.77. The maximum atomic E-state index is 11.3. The van der Waals surface area contributed by atoms with Crippen molar-refractivity contribution in [2.24, 2.45) is 17.4 Å². The molecule has 2 heterocycles. The summed E-state index contributed by atoms with van der Waals surface area (Å²) in [6.45, 7) is 2.21. The van der Waals surface area contributed by atoms with Crippen LogP contribution in [0.2, 0.25) is 0 Å². The maximum Gasteiger partial charge on any atom is 0.221 e. The van der Waals surface area contributed by atoms with E-state index in [9.17, 15) is 4.79 Å². The van der Waals surface area contributed by atoms with Crippen molar-refractivity contribution in [1.82, 2.24) is 9.88 Å². The van der Waals surface area contributed by atoms with Crippen molar-refractivity contribution < 1.29 is 4.79 Å². The lowest BCUT2D eigenvalue weighted by atomic mass is 9.94. The molecule has 5 nitrogen and oxygen atoms in total. The average molecular weight is 248 g/mol. The van der Waals surface area contributed by atoms with Gasteiger partial charge in [-0.3, -0.25) is 14.7 Å². The summed E-state index contributed by atoms with van der Waals surface area (Å²) in [6, 6.07) is 4.10. The molecule has 0 saturated carbocycles. The van der Waals surface area contributed by atoms with E-state index in [2.05, 4.69) is 9.88 Å². The van der Waals surface area contributed by atoms with Crippen molar-refractivity contribution >= 4 is 5.91 Å². The van der Waals surface area contributed by atoms with Crippen LogP contribution in [0.4, 0.5) is 0 Å². The minimum atomic E-state index is -0.204. The molecule has 0 aliphatic carbocycles. The van der Waals surface area contributed by atoms with E-state index >= 15 is 0 Å². The number of carbonyl (C=O) groups is 1. The number of nitrogens with two attached hydrogens (primary N) is 2. The van der Waals surface area contributed by atoms with Crippen molar-refractivity contribution in [3.63, 3.8) is 0 Å². The Hall–Kier alpha value is -1.46. The summed E-state index contributed by atoms with van der Waals surface area (Å²) < 4.78 is 0. The first-order valence-electron chi connectivity index (χ1n) is 6.35. The van der Waals surface area contributed by atoms with Gasteiger partial charge in [0, 0.05) is 31.5 Å². The summed E-state index contributed by atoms with van der Waals surface area (Å²) >= 11 is 0. The van der Waals surface area contributed by atoms with Gasteiger partial charge < -0.3 is 11.5 Å². The largest absolute Gasteiger partial charge is 0.369 e. The fraction of sp³-hybridized carbons (Fsp3) is 0.538. The number of primary amides is 1. The van der Waals surface area contributed by atoms with Gasteiger partial charge in [-0.15, -0.1) is 0 Å². The highest BCUT2D eigenvalue weighted by Gasteiger charge is 2.28. The van der Waals surface area contributed by atoms with E-state index in [0.29, 0.717) is 13.1 Å². The molecule has 4 N–H and O–H groups in total. The molecule has 2 unspecified atom stereocenters. The third-order valence-corrected chi connectivity index (χ3v) is 3.61. The van der Waals surface area contributed by atoms with Gasteiger partial charge in [-0.05, 0) is 37.1 Å². The first-order valence-corrected chi connectivity index (χ1v) is 6.35. The number of likely N-dealkylation sites (tertiary alicyclic amines) is 1. The van der Waals surface area contributed by atoms with Crippen molar-refractivity contribution in [2.75, 3.05) is 19.6 Å². The molecule has 1 amide bonds. The number of hydrogen-bond donors (Lipinski definition) is 2. The Bertz CT molecular complexity index is 395. The number of nitrogens with zero attached hydrogens (tertiary/aromatic N) is 2. The molecule has 2 atom stereocenters. The Morgan fingerprint density at radius 2 is 2.22 bits per heavy atom. The first kappa shape index (κ1) is 13.0. The molecule has 1 aliphatic rings. The van der Waals surface area contributed by atoms with E-state index in [0.717, 1.165) is 24.9 Å². The lowest BCUT2D eigenvalue weighted by Gasteiger charge is -2.37. The zero-order chi connectivity index (χ0) is 13.0. The first-order chi connectivity index (χ1) is 8.72. The average Bonchev–Trinajstić information content (AvgIpc) is 2.41. The topological polar surface area (TPSA) is 85.2 Å². The number of carbonyl (C=O) groups excluding carboxylic acids is 1. The molecular weight excluding hydrogens is 228 g/mol. The second kappa shape index (κ2) is 5.93. The molecule has 0 spiro atoms. The van der Waals surface area contributed by atoms with Gasteiger partial charge in [0.1, 0.15) is 0 Å². The number of aromatic nitrogens is 1. The Labute approximate surface area is 107 Å². The van der Waals surface area contributed by atoms with Gasteiger partial charge in [-0.25, -0.2) is 0 Å². The Morgan fingerprint density at radius 1 is 1.50 bits per heavy atom. The van der Waals surface area contributed by atoms with E-state index in [1.165, 1.54) is 0 Å². The molecule has 1 aliphatic heterocycles. The van der Waals surface area contributed by atoms with Gasteiger partial charge in [-0.2, -0.15) is 0 Å². The number of amides is 1. The minimum absolute atomic E-state index is 0.0466. The molecule has 5 heteroatoms. The van der Waals surface area contributed by atoms with E-state index in [-0.39, 0.29) is 17.9 Å². The third-order valence-electron chi connectivity index (χ3n) is 3.61. The predicted molar refractivity (Wildman–Crippen MR) is 69.5 cm³/mol. The summed E-state index contributed by atoms with van der Waals surface area (Å²) in [7, 11) is 0. The normalized spacial score (nSPS) is 22.6. The lowest BCUT2D eigenvalue weighted by molar-refractivity contribution is -0.123. The van der Waals surface area contributed by atoms with Gasteiger partial charge in [-0.1, -0.05) is 0 Å². The Morgan fingerprint density at radius 3 is 2.83 bits per heavy atom. The summed E-state index contributed by atoms with van der Waals surface area (Å²) in [6.07, 6.45) is 5.43. The number of rotatable bonds is 4. The van der Waals surface area contributed by atoms with Gasteiger partial charge in [0.15, 0.2) is 0 Å². The van der Waals surface area contributed by atoms with Crippen LogP contribution in [-0.2, 0) is 4.79 Å². The molecule has 1 saturated heterocycles.